The minimum absolute atomic E-state index is 0.129. The zero-order chi connectivity index (χ0) is 10.6. The van der Waals surface area contributed by atoms with Crippen LogP contribution in [0.25, 0.3) is 0 Å². The maximum absolute atomic E-state index is 11.3. The van der Waals surface area contributed by atoms with E-state index in [2.05, 4.69) is 0 Å². The molecule has 0 N–H and O–H groups in total. The highest BCUT2D eigenvalue weighted by molar-refractivity contribution is 5.95. The summed E-state index contributed by atoms with van der Waals surface area (Å²) >= 11 is 0. The van der Waals surface area contributed by atoms with E-state index in [1.54, 1.807) is 19.1 Å². The number of carbonyl (C=O) groups is 2. The third-order valence-corrected chi connectivity index (χ3v) is 1.98. The first-order valence-corrected chi connectivity index (χ1v) is 4.47. The summed E-state index contributed by atoms with van der Waals surface area (Å²) in [5, 5.41) is 0. The van der Waals surface area contributed by atoms with Gasteiger partial charge in [0.25, 0.3) is 0 Å². The Morgan fingerprint density at radius 3 is 2.36 bits per heavy atom. The van der Waals surface area contributed by atoms with E-state index in [0.29, 0.717) is 0 Å². The van der Waals surface area contributed by atoms with E-state index >= 15 is 0 Å². The Labute approximate surface area is 83.3 Å². The number of rotatable bonds is 3. The number of amides is 1. The first-order valence-electron chi connectivity index (χ1n) is 4.47. The van der Waals surface area contributed by atoms with Crippen molar-refractivity contribution in [1.82, 2.24) is 0 Å². The molecule has 0 aromatic heterocycles. The molecular formula is C11H13NO2. The number of aldehydes is 1. The highest BCUT2D eigenvalue weighted by Gasteiger charge is 2.17. The Kier molecular flexibility index (Phi) is 3.40. The molecule has 0 spiro atoms. The molecule has 74 valence electrons. The summed E-state index contributed by atoms with van der Waals surface area (Å²) in [6.07, 6.45) is 0.758. The Balaban J connectivity index is 3.00. The van der Waals surface area contributed by atoms with E-state index in [4.69, 9.17) is 0 Å². The van der Waals surface area contributed by atoms with Gasteiger partial charge in [-0.05, 0) is 19.1 Å². The topological polar surface area (TPSA) is 37.4 Å². The maximum atomic E-state index is 11.3. The number of carbonyl (C=O) groups excluding carboxylic acids is 2. The lowest BCUT2D eigenvalue weighted by Crippen LogP contribution is -2.38. The van der Waals surface area contributed by atoms with Crippen LogP contribution in [-0.4, -0.2) is 18.2 Å². The lowest BCUT2D eigenvalue weighted by atomic mass is 10.2. The van der Waals surface area contributed by atoms with Gasteiger partial charge in [0.1, 0.15) is 6.29 Å². The van der Waals surface area contributed by atoms with Crippen molar-refractivity contribution >= 4 is 17.9 Å². The van der Waals surface area contributed by atoms with Crippen molar-refractivity contribution < 1.29 is 9.59 Å². The Morgan fingerprint density at radius 1 is 1.36 bits per heavy atom. The molecule has 0 fully saturated rings. The van der Waals surface area contributed by atoms with Crippen molar-refractivity contribution in [3.05, 3.63) is 30.3 Å². The smallest absolute Gasteiger partial charge is 0.224 e. The van der Waals surface area contributed by atoms with Crippen LogP contribution in [0.3, 0.4) is 0 Å². The molecule has 0 bridgehead atoms. The SMILES string of the molecule is CC(=O)N(c1ccccc1)C(C)C=O. The van der Waals surface area contributed by atoms with Crippen LogP contribution >= 0.6 is 0 Å². The molecule has 0 aliphatic heterocycles. The lowest BCUT2D eigenvalue weighted by molar-refractivity contribution is -0.119. The summed E-state index contributed by atoms with van der Waals surface area (Å²) in [5.41, 5.74) is 0.750. The van der Waals surface area contributed by atoms with Crippen molar-refractivity contribution in [2.24, 2.45) is 0 Å². The van der Waals surface area contributed by atoms with Gasteiger partial charge in [-0.15, -0.1) is 0 Å². The van der Waals surface area contributed by atoms with Crippen LogP contribution in [0.1, 0.15) is 13.8 Å². The molecule has 1 atom stereocenters. The van der Waals surface area contributed by atoms with E-state index in [0.717, 1.165) is 12.0 Å². The molecule has 3 heteroatoms. The number of para-hydroxylation sites is 1. The van der Waals surface area contributed by atoms with Crippen molar-refractivity contribution in [2.45, 2.75) is 19.9 Å². The second-order valence-corrected chi connectivity index (χ2v) is 3.10. The lowest BCUT2D eigenvalue weighted by Gasteiger charge is -2.24. The van der Waals surface area contributed by atoms with E-state index in [1.807, 2.05) is 18.2 Å². The average Bonchev–Trinajstić information content (AvgIpc) is 2.19. The summed E-state index contributed by atoms with van der Waals surface area (Å²) in [6, 6.07) is 8.73. The number of benzene rings is 1. The fourth-order valence-corrected chi connectivity index (χ4v) is 1.35. The third-order valence-electron chi connectivity index (χ3n) is 1.98. The summed E-state index contributed by atoms with van der Waals surface area (Å²) < 4.78 is 0. The van der Waals surface area contributed by atoms with Crippen LogP contribution < -0.4 is 4.90 Å². The van der Waals surface area contributed by atoms with E-state index in [1.165, 1.54) is 11.8 Å². The van der Waals surface area contributed by atoms with Crippen LogP contribution in [-0.2, 0) is 9.59 Å². The van der Waals surface area contributed by atoms with Crippen LogP contribution in [0.2, 0.25) is 0 Å². The highest BCUT2D eigenvalue weighted by atomic mass is 16.2. The van der Waals surface area contributed by atoms with Crippen molar-refractivity contribution in [3.63, 3.8) is 0 Å². The van der Waals surface area contributed by atoms with Crippen LogP contribution in [0.15, 0.2) is 30.3 Å². The van der Waals surface area contributed by atoms with Crippen molar-refractivity contribution in [3.8, 4) is 0 Å². The molecule has 0 aliphatic rings. The Bertz CT molecular complexity index is 321. The Hall–Kier alpha value is -1.64. The van der Waals surface area contributed by atoms with Gasteiger partial charge in [-0.3, -0.25) is 4.79 Å². The van der Waals surface area contributed by atoms with Crippen LogP contribution in [0, 0.1) is 0 Å². The molecule has 3 nitrogen and oxygen atoms in total. The molecule has 0 radical (unpaired) electrons. The molecule has 0 aliphatic carbocycles. The van der Waals surface area contributed by atoms with Gasteiger partial charge < -0.3 is 9.69 Å². The van der Waals surface area contributed by atoms with Crippen molar-refractivity contribution in [2.75, 3.05) is 4.90 Å². The second-order valence-electron chi connectivity index (χ2n) is 3.10. The number of hydrogen-bond donors (Lipinski definition) is 0. The fourth-order valence-electron chi connectivity index (χ4n) is 1.35. The molecule has 1 aromatic rings. The Morgan fingerprint density at radius 2 is 1.93 bits per heavy atom. The van der Waals surface area contributed by atoms with Gasteiger partial charge in [0.15, 0.2) is 0 Å². The summed E-state index contributed by atoms with van der Waals surface area (Å²) in [5.74, 6) is -0.129. The highest BCUT2D eigenvalue weighted by Crippen LogP contribution is 2.15. The van der Waals surface area contributed by atoms with Gasteiger partial charge in [-0.2, -0.15) is 0 Å². The molecule has 0 saturated heterocycles. The van der Waals surface area contributed by atoms with E-state index < -0.39 is 6.04 Å². The van der Waals surface area contributed by atoms with Gasteiger partial charge in [-0.25, -0.2) is 0 Å². The molecule has 1 unspecified atom stereocenters. The molecule has 1 rings (SSSR count). The van der Waals surface area contributed by atoms with E-state index in [9.17, 15) is 9.59 Å². The van der Waals surface area contributed by atoms with Crippen molar-refractivity contribution in [1.29, 1.82) is 0 Å². The van der Waals surface area contributed by atoms with Gasteiger partial charge in [0.2, 0.25) is 5.91 Å². The monoisotopic (exact) mass is 191 g/mol. The predicted molar refractivity (Wildman–Crippen MR) is 55.1 cm³/mol. The van der Waals surface area contributed by atoms with Gasteiger partial charge in [0.05, 0.1) is 6.04 Å². The largest absolute Gasteiger partial charge is 0.303 e. The number of anilines is 1. The normalized spacial score (nSPS) is 11.9. The standard InChI is InChI=1S/C11H13NO2/c1-9(8-13)12(10(2)14)11-6-4-3-5-7-11/h3-9H,1-2H3. The fraction of sp³-hybridized carbons (Fsp3) is 0.273. The first kappa shape index (κ1) is 10.4. The molecule has 1 aromatic carbocycles. The second kappa shape index (κ2) is 4.56. The third kappa shape index (κ3) is 2.19. The maximum Gasteiger partial charge on any atom is 0.224 e. The molecule has 0 saturated carbocycles. The quantitative estimate of drug-likeness (QED) is 0.681. The van der Waals surface area contributed by atoms with E-state index in [-0.39, 0.29) is 5.91 Å². The van der Waals surface area contributed by atoms with Crippen LogP contribution in [0.5, 0.6) is 0 Å². The van der Waals surface area contributed by atoms with Gasteiger partial charge >= 0.3 is 0 Å². The predicted octanol–water partition coefficient (Wildman–Crippen LogP) is 1.63. The summed E-state index contributed by atoms with van der Waals surface area (Å²) in [7, 11) is 0. The minimum atomic E-state index is -0.421. The average molecular weight is 191 g/mol. The molecule has 14 heavy (non-hydrogen) atoms. The minimum Gasteiger partial charge on any atom is -0.303 e. The first-order chi connectivity index (χ1) is 6.66. The summed E-state index contributed by atoms with van der Waals surface area (Å²) in [4.78, 5) is 23.4. The van der Waals surface area contributed by atoms with Gasteiger partial charge in [-0.1, -0.05) is 18.2 Å². The molecule has 1 amide bonds. The zero-order valence-corrected chi connectivity index (χ0v) is 8.31. The van der Waals surface area contributed by atoms with Crippen LogP contribution in [0.4, 0.5) is 5.69 Å². The van der Waals surface area contributed by atoms with Gasteiger partial charge in [0, 0.05) is 12.6 Å². The number of hydrogen-bond acceptors (Lipinski definition) is 2. The zero-order valence-electron chi connectivity index (χ0n) is 8.31. The molecule has 0 heterocycles. The molecular weight excluding hydrogens is 178 g/mol. The number of nitrogens with zero attached hydrogens (tertiary/aromatic N) is 1. The summed E-state index contributed by atoms with van der Waals surface area (Å²) in [6.45, 7) is 3.15.